The minimum atomic E-state index is -0.627. The SMILES string of the molecule is C[C@@H](C(=O)NCc1ccc(F)cc1)n1c(=NC(=O)c2cccc(Cl)c2)sc2ccccc21. The number of thiazole rings is 1. The second kappa shape index (κ2) is 9.46. The molecular formula is C24H19ClFN3O2S. The van der Waals surface area contributed by atoms with Gasteiger partial charge < -0.3 is 9.88 Å². The van der Waals surface area contributed by atoms with Crippen molar-refractivity contribution >= 4 is 45.0 Å². The predicted octanol–water partition coefficient (Wildman–Crippen LogP) is 5.11. The molecule has 4 rings (SSSR count). The lowest BCUT2D eigenvalue weighted by atomic mass is 10.2. The van der Waals surface area contributed by atoms with Crippen LogP contribution in [0.3, 0.4) is 0 Å². The van der Waals surface area contributed by atoms with E-state index in [0.29, 0.717) is 15.4 Å². The van der Waals surface area contributed by atoms with Gasteiger partial charge in [-0.1, -0.05) is 53.3 Å². The lowest BCUT2D eigenvalue weighted by molar-refractivity contribution is -0.124. The molecule has 0 spiro atoms. The van der Waals surface area contributed by atoms with E-state index in [2.05, 4.69) is 10.3 Å². The van der Waals surface area contributed by atoms with Gasteiger partial charge in [0, 0.05) is 17.1 Å². The summed E-state index contributed by atoms with van der Waals surface area (Å²) in [7, 11) is 0. The number of aromatic nitrogens is 1. The molecule has 32 heavy (non-hydrogen) atoms. The number of nitrogens with zero attached hydrogens (tertiary/aromatic N) is 2. The van der Waals surface area contributed by atoms with Gasteiger partial charge in [-0.2, -0.15) is 4.99 Å². The number of hydrogen-bond acceptors (Lipinski definition) is 3. The Hall–Kier alpha value is -3.29. The summed E-state index contributed by atoms with van der Waals surface area (Å²) in [6, 6.07) is 19.5. The molecule has 1 N–H and O–H groups in total. The van der Waals surface area contributed by atoms with E-state index in [9.17, 15) is 14.0 Å². The molecule has 3 aromatic carbocycles. The van der Waals surface area contributed by atoms with Crippen LogP contribution in [0.4, 0.5) is 4.39 Å². The smallest absolute Gasteiger partial charge is 0.279 e. The fourth-order valence-corrected chi connectivity index (χ4v) is 4.56. The summed E-state index contributed by atoms with van der Waals surface area (Å²) in [5, 5.41) is 3.32. The number of hydrogen-bond donors (Lipinski definition) is 1. The summed E-state index contributed by atoms with van der Waals surface area (Å²) in [5.74, 6) is -1.01. The van der Waals surface area contributed by atoms with Gasteiger partial charge in [0.25, 0.3) is 5.91 Å². The van der Waals surface area contributed by atoms with Gasteiger partial charge >= 0.3 is 0 Å². The van der Waals surface area contributed by atoms with Crippen LogP contribution in [-0.2, 0) is 11.3 Å². The van der Waals surface area contributed by atoms with Crippen LogP contribution in [0.2, 0.25) is 5.02 Å². The highest BCUT2D eigenvalue weighted by Crippen LogP contribution is 2.21. The fraction of sp³-hybridized carbons (Fsp3) is 0.125. The van der Waals surface area contributed by atoms with Gasteiger partial charge in [-0.25, -0.2) is 4.39 Å². The van der Waals surface area contributed by atoms with E-state index in [-0.39, 0.29) is 18.3 Å². The number of para-hydroxylation sites is 1. The van der Waals surface area contributed by atoms with E-state index >= 15 is 0 Å². The highest BCUT2D eigenvalue weighted by atomic mass is 35.5. The summed E-state index contributed by atoms with van der Waals surface area (Å²) in [6.07, 6.45) is 0. The molecule has 0 aliphatic rings. The van der Waals surface area contributed by atoms with Crippen LogP contribution in [0, 0.1) is 5.82 Å². The molecule has 0 unspecified atom stereocenters. The Kier molecular flexibility index (Phi) is 6.48. The van der Waals surface area contributed by atoms with Gasteiger partial charge in [0.05, 0.1) is 10.2 Å². The molecule has 0 aliphatic heterocycles. The van der Waals surface area contributed by atoms with Crippen molar-refractivity contribution in [2.24, 2.45) is 4.99 Å². The van der Waals surface area contributed by atoms with E-state index < -0.39 is 11.9 Å². The van der Waals surface area contributed by atoms with Crippen molar-refractivity contribution in [2.75, 3.05) is 0 Å². The molecule has 8 heteroatoms. The standard InChI is InChI=1S/C24H19ClFN3O2S/c1-15(22(30)27-14-16-9-11-19(26)12-10-16)29-20-7-2-3-8-21(20)32-24(29)28-23(31)17-5-4-6-18(25)13-17/h2-13,15H,14H2,1H3,(H,27,30)/t15-/m0/s1. The number of benzene rings is 3. The largest absolute Gasteiger partial charge is 0.350 e. The van der Waals surface area contributed by atoms with E-state index in [1.54, 1.807) is 47.9 Å². The minimum Gasteiger partial charge on any atom is -0.350 e. The highest BCUT2D eigenvalue weighted by molar-refractivity contribution is 7.16. The second-order valence-electron chi connectivity index (χ2n) is 7.17. The summed E-state index contributed by atoms with van der Waals surface area (Å²) in [4.78, 5) is 30.4. The maximum absolute atomic E-state index is 13.1. The number of halogens is 2. The van der Waals surface area contributed by atoms with Crippen molar-refractivity contribution in [1.29, 1.82) is 0 Å². The topological polar surface area (TPSA) is 63.5 Å². The zero-order chi connectivity index (χ0) is 22.7. The quantitative estimate of drug-likeness (QED) is 0.443. The first-order valence-corrected chi connectivity index (χ1v) is 11.1. The Bertz CT molecular complexity index is 1360. The lowest BCUT2D eigenvalue weighted by Crippen LogP contribution is -2.34. The average Bonchev–Trinajstić information content (AvgIpc) is 3.15. The number of fused-ring (bicyclic) bond motifs is 1. The van der Waals surface area contributed by atoms with Gasteiger partial charge in [0.2, 0.25) is 5.91 Å². The molecule has 4 aromatic rings. The maximum atomic E-state index is 13.1. The normalized spacial score (nSPS) is 12.7. The van der Waals surface area contributed by atoms with Crippen LogP contribution in [0.5, 0.6) is 0 Å². The average molecular weight is 468 g/mol. The highest BCUT2D eigenvalue weighted by Gasteiger charge is 2.20. The van der Waals surface area contributed by atoms with E-state index in [1.807, 2.05) is 24.3 Å². The first-order valence-electron chi connectivity index (χ1n) is 9.89. The third-order valence-corrected chi connectivity index (χ3v) is 6.22. The van der Waals surface area contributed by atoms with Crippen LogP contribution in [-0.4, -0.2) is 16.4 Å². The molecule has 5 nitrogen and oxygen atoms in total. The van der Waals surface area contributed by atoms with Crippen molar-refractivity contribution in [1.82, 2.24) is 9.88 Å². The molecule has 2 amide bonds. The molecule has 0 saturated carbocycles. The zero-order valence-electron chi connectivity index (χ0n) is 17.1. The molecular weight excluding hydrogens is 449 g/mol. The van der Waals surface area contributed by atoms with E-state index in [4.69, 9.17) is 11.6 Å². The molecule has 1 atom stereocenters. The molecule has 0 bridgehead atoms. The van der Waals surface area contributed by atoms with Crippen molar-refractivity contribution in [3.63, 3.8) is 0 Å². The van der Waals surface area contributed by atoms with Gasteiger partial charge in [0.15, 0.2) is 4.80 Å². The zero-order valence-corrected chi connectivity index (χ0v) is 18.7. The van der Waals surface area contributed by atoms with Gasteiger partial charge in [-0.05, 0) is 55.0 Å². The third kappa shape index (κ3) is 4.79. The number of carbonyl (C=O) groups excluding carboxylic acids is 2. The monoisotopic (exact) mass is 467 g/mol. The van der Waals surface area contributed by atoms with Gasteiger partial charge in [0.1, 0.15) is 11.9 Å². The maximum Gasteiger partial charge on any atom is 0.279 e. The van der Waals surface area contributed by atoms with Gasteiger partial charge in [-0.15, -0.1) is 0 Å². The molecule has 0 fully saturated rings. The van der Waals surface area contributed by atoms with Crippen molar-refractivity contribution in [2.45, 2.75) is 19.5 Å². The van der Waals surface area contributed by atoms with Crippen molar-refractivity contribution < 1.29 is 14.0 Å². The number of amides is 2. The van der Waals surface area contributed by atoms with Crippen LogP contribution in [0.1, 0.15) is 28.9 Å². The number of carbonyl (C=O) groups is 2. The van der Waals surface area contributed by atoms with E-state index in [0.717, 1.165) is 15.8 Å². The minimum absolute atomic E-state index is 0.241. The molecule has 0 saturated heterocycles. The Labute approximate surface area is 192 Å². The molecule has 0 radical (unpaired) electrons. The number of nitrogens with one attached hydrogen (secondary N) is 1. The summed E-state index contributed by atoms with van der Waals surface area (Å²) < 4.78 is 15.8. The molecule has 0 aliphatic carbocycles. The van der Waals surface area contributed by atoms with Crippen molar-refractivity contribution in [3.8, 4) is 0 Å². The van der Waals surface area contributed by atoms with Crippen LogP contribution >= 0.6 is 22.9 Å². The van der Waals surface area contributed by atoms with E-state index in [1.165, 1.54) is 23.5 Å². The fourth-order valence-electron chi connectivity index (χ4n) is 3.27. The summed E-state index contributed by atoms with van der Waals surface area (Å²) in [5.41, 5.74) is 1.96. The second-order valence-corrected chi connectivity index (χ2v) is 8.62. The summed E-state index contributed by atoms with van der Waals surface area (Å²) >= 11 is 7.34. The third-order valence-electron chi connectivity index (χ3n) is 4.95. The Morgan fingerprint density at radius 1 is 1.09 bits per heavy atom. The Morgan fingerprint density at radius 3 is 2.59 bits per heavy atom. The van der Waals surface area contributed by atoms with Crippen molar-refractivity contribution in [3.05, 3.63) is 99.6 Å². The first-order chi connectivity index (χ1) is 15.4. The summed E-state index contributed by atoms with van der Waals surface area (Å²) in [6.45, 7) is 2.02. The van der Waals surface area contributed by atoms with Crippen LogP contribution in [0.15, 0.2) is 77.8 Å². The molecule has 162 valence electrons. The Balaban J connectivity index is 1.67. The van der Waals surface area contributed by atoms with Gasteiger partial charge in [-0.3, -0.25) is 9.59 Å². The first kappa shape index (κ1) is 21.9. The lowest BCUT2D eigenvalue weighted by Gasteiger charge is -2.15. The Morgan fingerprint density at radius 2 is 1.84 bits per heavy atom. The molecule has 1 heterocycles. The predicted molar refractivity (Wildman–Crippen MR) is 124 cm³/mol. The number of rotatable bonds is 5. The van der Waals surface area contributed by atoms with Crippen LogP contribution in [0.25, 0.3) is 10.2 Å². The van der Waals surface area contributed by atoms with Crippen LogP contribution < -0.4 is 10.1 Å². The molecule has 1 aromatic heterocycles.